The van der Waals surface area contributed by atoms with Crippen LogP contribution in [0.4, 0.5) is 5.82 Å². The summed E-state index contributed by atoms with van der Waals surface area (Å²) in [5.74, 6) is -0.441. The van der Waals surface area contributed by atoms with Gasteiger partial charge in [-0.15, -0.1) is 0 Å². The number of nitrogens with one attached hydrogen (secondary N) is 2. The molecule has 0 saturated heterocycles. The first-order valence-corrected chi connectivity index (χ1v) is 12.1. The fourth-order valence-corrected chi connectivity index (χ4v) is 3.77. The van der Waals surface area contributed by atoms with E-state index < -0.39 is 11.6 Å². The van der Waals surface area contributed by atoms with Crippen LogP contribution in [0.1, 0.15) is 56.3 Å². The molecule has 188 valence electrons. The first kappa shape index (κ1) is 26.6. The molecule has 1 heterocycles. The van der Waals surface area contributed by atoms with E-state index in [0.717, 1.165) is 11.1 Å². The summed E-state index contributed by atoms with van der Waals surface area (Å²) in [6, 6.07) is 21.5. The summed E-state index contributed by atoms with van der Waals surface area (Å²) < 4.78 is 0. The summed E-state index contributed by atoms with van der Waals surface area (Å²) in [7, 11) is 0. The maximum atomic E-state index is 13.6. The molecule has 0 spiro atoms. The number of aryl methyl sites for hydroxylation is 1. The summed E-state index contributed by atoms with van der Waals surface area (Å²) in [4.78, 5) is 45.3. The van der Waals surface area contributed by atoms with Gasteiger partial charge in [-0.1, -0.05) is 66.2 Å². The van der Waals surface area contributed by atoms with E-state index in [1.165, 1.54) is 0 Å². The maximum absolute atomic E-state index is 13.6. The van der Waals surface area contributed by atoms with Gasteiger partial charge in [0.25, 0.3) is 0 Å². The number of pyridine rings is 1. The highest BCUT2D eigenvalue weighted by molar-refractivity contribution is 5.94. The second kappa shape index (κ2) is 12.1. The largest absolute Gasteiger partial charge is 0.349 e. The molecule has 2 aromatic carbocycles. The van der Waals surface area contributed by atoms with Gasteiger partial charge < -0.3 is 15.5 Å². The van der Waals surface area contributed by atoms with Crippen LogP contribution in [0, 0.1) is 6.92 Å². The van der Waals surface area contributed by atoms with E-state index in [0.29, 0.717) is 11.4 Å². The Balaban J connectivity index is 1.88. The molecule has 0 aliphatic carbocycles. The smallest absolute Gasteiger partial charge is 0.247 e. The number of carbonyl (C=O) groups excluding carboxylic acids is 3. The lowest BCUT2D eigenvalue weighted by atomic mass is 9.99. The van der Waals surface area contributed by atoms with E-state index in [1.807, 2.05) is 82.3 Å². The predicted molar refractivity (Wildman–Crippen MR) is 141 cm³/mol. The number of amides is 3. The Morgan fingerprint density at radius 3 is 2.17 bits per heavy atom. The SMILES string of the molecule is Cc1ccc([C@H](C(=O)NC(C)(C)C)N(Cc2ccccc2)C(=O)CCC(=O)Nc2ccccn2)cc1. The molecule has 36 heavy (non-hydrogen) atoms. The van der Waals surface area contributed by atoms with Crippen LogP contribution in [0.25, 0.3) is 0 Å². The normalized spacial score (nSPS) is 11.9. The van der Waals surface area contributed by atoms with Crippen molar-refractivity contribution in [3.8, 4) is 0 Å². The third-order valence-corrected chi connectivity index (χ3v) is 5.47. The molecule has 0 bridgehead atoms. The number of carbonyl (C=O) groups is 3. The van der Waals surface area contributed by atoms with Gasteiger partial charge >= 0.3 is 0 Å². The molecule has 7 heteroatoms. The molecular weight excluding hydrogens is 452 g/mol. The topological polar surface area (TPSA) is 91.4 Å². The van der Waals surface area contributed by atoms with Crippen molar-refractivity contribution < 1.29 is 14.4 Å². The molecule has 0 aliphatic heterocycles. The monoisotopic (exact) mass is 486 g/mol. The van der Waals surface area contributed by atoms with Crippen molar-refractivity contribution in [1.29, 1.82) is 0 Å². The molecule has 0 radical (unpaired) electrons. The van der Waals surface area contributed by atoms with Crippen molar-refractivity contribution in [2.24, 2.45) is 0 Å². The maximum Gasteiger partial charge on any atom is 0.247 e. The first-order valence-electron chi connectivity index (χ1n) is 12.1. The summed E-state index contributed by atoms with van der Waals surface area (Å²) in [6.45, 7) is 7.92. The zero-order chi connectivity index (χ0) is 26.1. The third kappa shape index (κ3) is 8.05. The Hall–Kier alpha value is -4.00. The molecule has 0 saturated carbocycles. The van der Waals surface area contributed by atoms with Crippen LogP contribution < -0.4 is 10.6 Å². The minimum atomic E-state index is -0.851. The second-order valence-corrected chi connectivity index (χ2v) is 9.82. The minimum absolute atomic E-state index is 0.0256. The van der Waals surface area contributed by atoms with E-state index in [1.54, 1.807) is 29.3 Å². The average molecular weight is 487 g/mol. The van der Waals surface area contributed by atoms with Crippen LogP contribution in [0.5, 0.6) is 0 Å². The number of rotatable bonds is 9. The molecule has 1 atom stereocenters. The van der Waals surface area contributed by atoms with Crippen molar-refractivity contribution in [3.63, 3.8) is 0 Å². The number of hydrogen-bond donors (Lipinski definition) is 2. The summed E-state index contributed by atoms with van der Waals surface area (Å²) >= 11 is 0. The molecule has 3 aromatic rings. The number of anilines is 1. The van der Waals surface area contributed by atoms with Gasteiger partial charge in [-0.05, 0) is 51.0 Å². The van der Waals surface area contributed by atoms with Crippen molar-refractivity contribution >= 4 is 23.5 Å². The van der Waals surface area contributed by atoms with Crippen LogP contribution in [0.15, 0.2) is 79.0 Å². The van der Waals surface area contributed by atoms with Gasteiger partial charge in [0.2, 0.25) is 17.7 Å². The lowest BCUT2D eigenvalue weighted by Crippen LogP contribution is -2.49. The predicted octanol–water partition coefficient (Wildman–Crippen LogP) is 4.79. The second-order valence-electron chi connectivity index (χ2n) is 9.82. The molecular formula is C29H34N4O3. The fourth-order valence-electron chi connectivity index (χ4n) is 3.77. The Kier molecular flexibility index (Phi) is 8.95. The number of benzene rings is 2. The molecule has 3 amide bonds. The number of hydrogen-bond acceptors (Lipinski definition) is 4. The highest BCUT2D eigenvalue weighted by atomic mass is 16.2. The van der Waals surface area contributed by atoms with E-state index in [9.17, 15) is 14.4 Å². The molecule has 0 aliphatic rings. The van der Waals surface area contributed by atoms with Gasteiger partial charge in [0.05, 0.1) is 0 Å². The zero-order valence-electron chi connectivity index (χ0n) is 21.3. The van der Waals surface area contributed by atoms with Gasteiger partial charge in [0.15, 0.2) is 0 Å². The van der Waals surface area contributed by atoms with Crippen molar-refractivity contribution in [3.05, 3.63) is 95.7 Å². The number of aromatic nitrogens is 1. The molecule has 3 rings (SSSR count). The fraction of sp³-hybridized carbons (Fsp3) is 0.310. The molecule has 0 fully saturated rings. The summed E-state index contributed by atoms with van der Waals surface area (Å²) in [5.41, 5.74) is 2.18. The molecule has 0 unspecified atom stereocenters. The zero-order valence-corrected chi connectivity index (χ0v) is 21.3. The highest BCUT2D eigenvalue weighted by Gasteiger charge is 2.33. The summed E-state index contributed by atoms with van der Waals surface area (Å²) in [5, 5.41) is 5.74. The number of nitrogens with zero attached hydrogens (tertiary/aromatic N) is 2. The standard InChI is InChI=1S/C29H34N4O3/c1-21-13-15-23(16-14-21)27(28(36)32-29(2,3)4)33(20-22-10-6-5-7-11-22)26(35)18-17-25(34)31-24-12-8-9-19-30-24/h5-16,19,27H,17-18,20H2,1-4H3,(H,32,36)(H,30,31,34)/t27-/m1/s1. The van der Waals surface area contributed by atoms with Crippen LogP contribution >= 0.6 is 0 Å². The minimum Gasteiger partial charge on any atom is -0.349 e. The van der Waals surface area contributed by atoms with Crippen molar-refractivity contribution in [2.45, 2.75) is 58.7 Å². The van der Waals surface area contributed by atoms with Crippen LogP contribution in [-0.4, -0.2) is 33.1 Å². The van der Waals surface area contributed by atoms with E-state index in [-0.39, 0.29) is 37.1 Å². The Morgan fingerprint density at radius 1 is 0.889 bits per heavy atom. The van der Waals surface area contributed by atoms with Crippen LogP contribution in [0.3, 0.4) is 0 Å². The van der Waals surface area contributed by atoms with Gasteiger partial charge in [-0.25, -0.2) is 4.98 Å². The van der Waals surface area contributed by atoms with Gasteiger partial charge in [0, 0.05) is 31.1 Å². The summed E-state index contributed by atoms with van der Waals surface area (Å²) in [6.07, 6.45) is 1.52. The third-order valence-electron chi connectivity index (χ3n) is 5.47. The molecule has 7 nitrogen and oxygen atoms in total. The Morgan fingerprint density at radius 2 is 1.56 bits per heavy atom. The van der Waals surface area contributed by atoms with Crippen molar-refractivity contribution in [2.75, 3.05) is 5.32 Å². The van der Waals surface area contributed by atoms with Gasteiger partial charge in [0.1, 0.15) is 11.9 Å². The van der Waals surface area contributed by atoms with Crippen molar-refractivity contribution in [1.82, 2.24) is 15.2 Å². The van der Waals surface area contributed by atoms with Crippen LogP contribution in [-0.2, 0) is 20.9 Å². The highest BCUT2D eigenvalue weighted by Crippen LogP contribution is 2.26. The quantitative estimate of drug-likeness (QED) is 0.455. The molecule has 1 aromatic heterocycles. The van der Waals surface area contributed by atoms with Gasteiger partial charge in [-0.2, -0.15) is 0 Å². The average Bonchev–Trinajstić information content (AvgIpc) is 2.83. The van der Waals surface area contributed by atoms with Crippen LogP contribution in [0.2, 0.25) is 0 Å². The van der Waals surface area contributed by atoms with E-state index in [2.05, 4.69) is 15.6 Å². The molecule has 2 N–H and O–H groups in total. The Labute approximate surface area is 212 Å². The first-order chi connectivity index (χ1) is 17.1. The Bertz CT molecular complexity index is 1160. The lowest BCUT2D eigenvalue weighted by molar-refractivity contribution is -0.142. The van der Waals surface area contributed by atoms with Gasteiger partial charge in [-0.3, -0.25) is 14.4 Å². The van der Waals surface area contributed by atoms with E-state index in [4.69, 9.17) is 0 Å². The van der Waals surface area contributed by atoms with E-state index >= 15 is 0 Å². The lowest BCUT2D eigenvalue weighted by Gasteiger charge is -2.34.